The summed E-state index contributed by atoms with van der Waals surface area (Å²) in [6, 6.07) is 35.5. The molecule has 208 valence electrons. The highest BCUT2D eigenvalue weighted by molar-refractivity contribution is 9.10. The summed E-state index contributed by atoms with van der Waals surface area (Å²) in [7, 11) is 0. The molecule has 5 aromatic rings. The van der Waals surface area contributed by atoms with Gasteiger partial charge in [0.2, 0.25) is 0 Å². The predicted octanol–water partition coefficient (Wildman–Crippen LogP) is 9.04. The molecule has 1 atom stereocenters. The van der Waals surface area contributed by atoms with Crippen molar-refractivity contribution in [2.24, 2.45) is 9.98 Å². The van der Waals surface area contributed by atoms with E-state index in [4.69, 9.17) is 15.1 Å². The van der Waals surface area contributed by atoms with Crippen LogP contribution in [0.4, 0.5) is 22.9 Å². The van der Waals surface area contributed by atoms with E-state index in [0.717, 1.165) is 50.1 Å². The Bertz CT molecular complexity index is 1850. The normalized spacial score (nSPS) is 15.7. The van der Waals surface area contributed by atoms with Crippen molar-refractivity contribution in [2.75, 3.05) is 10.2 Å². The second-order valence-electron chi connectivity index (χ2n) is 11.7. The summed E-state index contributed by atoms with van der Waals surface area (Å²) in [6.45, 7) is 8.82. The molecule has 7 heteroatoms. The van der Waals surface area contributed by atoms with Gasteiger partial charge in [-0.15, -0.1) is 0 Å². The number of para-hydroxylation sites is 3. The van der Waals surface area contributed by atoms with Crippen LogP contribution >= 0.6 is 15.9 Å². The molecule has 6 nitrogen and oxygen atoms in total. The molecule has 3 heterocycles. The van der Waals surface area contributed by atoms with Gasteiger partial charge in [-0.1, -0.05) is 91.3 Å². The molecular weight excluding hydrogens is 584 g/mol. The Labute approximate surface area is 254 Å². The highest BCUT2D eigenvalue weighted by Crippen LogP contribution is 2.48. The number of nitrogens with zero attached hydrogens (tertiary/aromatic N) is 5. The Kier molecular flexibility index (Phi) is 6.35. The van der Waals surface area contributed by atoms with Crippen molar-refractivity contribution >= 4 is 50.5 Å². The number of hydrogen-bond donors (Lipinski definition) is 1. The largest absolute Gasteiger partial charge is 0.337 e. The molecule has 0 unspecified atom stereocenters. The molecule has 0 amide bonds. The first-order chi connectivity index (χ1) is 20.3. The Hall–Kier alpha value is -4.49. The predicted molar refractivity (Wildman–Crippen MR) is 176 cm³/mol. The molecule has 42 heavy (non-hydrogen) atoms. The van der Waals surface area contributed by atoms with Crippen molar-refractivity contribution in [3.63, 3.8) is 0 Å². The van der Waals surface area contributed by atoms with E-state index in [9.17, 15) is 0 Å². The van der Waals surface area contributed by atoms with Gasteiger partial charge in [-0.3, -0.25) is 0 Å². The van der Waals surface area contributed by atoms with Gasteiger partial charge in [-0.2, -0.15) is 5.10 Å². The number of anilines is 2. The van der Waals surface area contributed by atoms with Crippen molar-refractivity contribution in [2.45, 2.75) is 39.2 Å². The summed E-state index contributed by atoms with van der Waals surface area (Å²) in [4.78, 5) is 12.7. The number of aryl methyl sites for hydroxylation is 1. The second kappa shape index (κ2) is 10.1. The van der Waals surface area contributed by atoms with E-state index in [0.29, 0.717) is 5.84 Å². The first kappa shape index (κ1) is 26.4. The first-order valence-electron chi connectivity index (χ1n) is 14.1. The van der Waals surface area contributed by atoms with E-state index < -0.39 is 0 Å². The fourth-order valence-electron chi connectivity index (χ4n) is 5.70. The minimum absolute atomic E-state index is 0.0587. The number of aromatic nitrogens is 2. The van der Waals surface area contributed by atoms with Gasteiger partial charge in [0.15, 0.2) is 17.5 Å². The Balaban J connectivity index is 1.47. The molecule has 2 aliphatic heterocycles. The fraction of sp³-hybridized carbons (Fsp3) is 0.171. The summed E-state index contributed by atoms with van der Waals surface area (Å²) < 4.78 is 2.98. The van der Waals surface area contributed by atoms with Crippen LogP contribution in [-0.4, -0.2) is 21.5 Å². The van der Waals surface area contributed by atoms with Crippen molar-refractivity contribution in [3.8, 4) is 5.69 Å². The molecule has 0 fully saturated rings. The van der Waals surface area contributed by atoms with Crippen LogP contribution in [0, 0.1) is 6.92 Å². The van der Waals surface area contributed by atoms with Crippen molar-refractivity contribution in [1.82, 2.24) is 9.78 Å². The number of rotatable bonds is 3. The number of amidine groups is 2. The lowest BCUT2D eigenvalue weighted by molar-refractivity contribution is 0.589. The van der Waals surface area contributed by atoms with Crippen LogP contribution in [0.1, 0.15) is 49.2 Å². The van der Waals surface area contributed by atoms with Gasteiger partial charge in [0, 0.05) is 15.7 Å². The molecule has 0 aliphatic carbocycles. The highest BCUT2D eigenvalue weighted by Gasteiger charge is 2.41. The Morgan fingerprint density at radius 1 is 0.786 bits per heavy atom. The van der Waals surface area contributed by atoms with Crippen molar-refractivity contribution < 1.29 is 0 Å². The van der Waals surface area contributed by atoms with E-state index in [1.807, 2.05) is 53.2 Å². The highest BCUT2D eigenvalue weighted by atomic mass is 79.9. The van der Waals surface area contributed by atoms with Gasteiger partial charge in [-0.05, 0) is 72.0 Å². The topological polar surface area (TPSA) is 57.8 Å². The second-order valence-corrected chi connectivity index (χ2v) is 12.6. The number of aliphatic imine (C=N–C) groups is 2. The number of fused-ring (bicyclic) bond motifs is 4. The summed E-state index contributed by atoms with van der Waals surface area (Å²) in [5.74, 6) is 2.27. The standard InChI is InChI=1S/C35H31BrN6/c1-22-30-31(23-14-16-24(17-15-23)35(2,3)4)41-29-13-9-8-12-28(29)38-32(37-26-20-18-25(36)19-21-26)34(41)39-33(30)42(40-22)27-10-6-5-7-11-27/h5-21,31H,1-4H3,(H,37,38)/t31-/m1/s1. The third-order valence-electron chi connectivity index (χ3n) is 7.84. The van der Waals surface area contributed by atoms with E-state index in [1.54, 1.807) is 0 Å². The minimum atomic E-state index is -0.155. The molecule has 0 radical (unpaired) electrons. The van der Waals surface area contributed by atoms with Gasteiger partial charge >= 0.3 is 0 Å². The zero-order valence-electron chi connectivity index (χ0n) is 24.0. The fourth-order valence-corrected chi connectivity index (χ4v) is 5.96. The van der Waals surface area contributed by atoms with E-state index in [2.05, 4.69) is 108 Å². The maximum atomic E-state index is 5.33. The van der Waals surface area contributed by atoms with Crippen LogP contribution in [0.15, 0.2) is 118 Å². The lowest BCUT2D eigenvalue weighted by Crippen LogP contribution is -2.46. The Morgan fingerprint density at radius 3 is 2.19 bits per heavy atom. The number of benzene rings is 4. The number of nitrogens with one attached hydrogen (secondary N) is 1. The van der Waals surface area contributed by atoms with Gasteiger partial charge in [0.1, 0.15) is 0 Å². The van der Waals surface area contributed by atoms with Crippen LogP contribution in [0.5, 0.6) is 0 Å². The van der Waals surface area contributed by atoms with Crippen LogP contribution in [0.3, 0.4) is 0 Å². The van der Waals surface area contributed by atoms with Crippen LogP contribution in [0.2, 0.25) is 0 Å². The molecule has 0 saturated heterocycles. The third-order valence-corrected chi connectivity index (χ3v) is 8.37. The van der Waals surface area contributed by atoms with E-state index in [-0.39, 0.29) is 11.5 Å². The quantitative estimate of drug-likeness (QED) is 0.220. The van der Waals surface area contributed by atoms with Crippen molar-refractivity contribution in [1.29, 1.82) is 0 Å². The van der Waals surface area contributed by atoms with Crippen LogP contribution in [0.25, 0.3) is 5.69 Å². The number of hydrogen-bond acceptors (Lipinski definition) is 5. The smallest absolute Gasteiger partial charge is 0.179 e. The van der Waals surface area contributed by atoms with E-state index in [1.165, 1.54) is 11.1 Å². The lowest BCUT2D eigenvalue weighted by Gasteiger charge is -2.40. The average molecular weight is 616 g/mol. The first-order valence-corrected chi connectivity index (χ1v) is 14.9. The summed E-state index contributed by atoms with van der Waals surface area (Å²) in [5.41, 5.74) is 8.38. The molecule has 7 rings (SSSR count). The average Bonchev–Trinajstić information content (AvgIpc) is 3.33. The molecule has 1 N–H and O–H groups in total. The number of halogens is 1. The molecule has 1 aromatic heterocycles. The van der Waals surface area contributed by atoms with Gasteiger partial charge in [-0.25, -0.2) is 14.7 Å². The molecular formula is C35H31BrN6. The maximum Gasteiger partial charge on any atom is 0.179 e. The molecule has 0 saturated carbocycles. The zero-order valence-corrected chi connectivity index (χ0v) is 25.6. The molecule has 0 spiro atoms. The summed E-state index contributed by atoms with van der Waals surface area (Å²) in [6.07, 6.45) is 0. The summed E-state index contributed by atoms with van der Waals surface area (Å²) in [5, 5.41) is 8.62. The monoisotopic (exact) mass is 614 g/mol. The maximum absolute atomic E-state index is 5.33. The molecule has 2 aliphatic rings. The van der Waals surface area contributed by atoms with Gasteiger partial charge in [0.05, 0.1) is 28.8 Å². The molecule has 0 bridgehead atoms. The van der Waals surface area contributed by atoms with Crippen LogP contribution < -0.4 is 10.2 Å². The SMILES string of the molecule is Cc1nn(-c2ccccc2)c2c1[C@@H](c1ccc(C(C)(C)C)cc1)N1C(=N2)C(Nc2ccc(Br)cc2)=Nc2ccccc21. The third kappa shape index (κ3) is 4.54. The van der Waals surface area contributed by atoms with Crippen LogP contribution in [-0.2, 0) is 5.41 Å². The zero-order chi connectivity index (χ0) is 29.0. The van der Waals surface area contributed by atoms with E-state index >= 15 is 0 Å². The Morgan fingerprint density at radius 2 is 1.48 bits per heavy atom. The molecule has 4 aromatic carbocycles. The lowest BCUT2D eigenvalue weighted by atomic mass is 9.85. The van der Waals surface area contributed by atoms with Gasteiger partial charge in [0.25, 0.3) is 0 Å². The minimum Gasteiger partial charge on any atom is -0.337 e. The van der Waals surface area contributed by atoms with Gasteiger partial charge < -0.3 is 10.2 Å². The van der Waals surface area contributed by atoms with Crippen molar-refractivity contribution in [3.05, 3.63) is 130 Å². The summed E-state index contributed by atoms with van der Waals surface area (Å²) >= 11 is 3.55.